The van der Waals surface area contributed by atoms with Crippen LogP contribution < -0.4 is 5.69 Å². The molecule has 0 unspecified atom stereocenters. The third kappa shape index (κ3) is 2.56. The summed E-state index contributed by atoms with van der Waals surface area (Å²) in [6.45, 7) is 2.89. The minimum atomic E-state index is -0.0208. The Morgan fingerprint density at radius 1 is 1.15 bits per heavy atom. The molecule has 0 aliphatic heterocycles. The lowest BCUT2D eigenvalue weighted by Gasteiger charge is -2.06. The van der Waals surface area contributed by atoms with Crippen molar-refractivity contribution in [2.45, 2.75) is 26.3 Å². The van der Waals surface area contributed by atoms with Gasteiger partial charge in [0.05, 0.1) is 28.7 Å². The summed E-state index contributed by atoms with van der Waals surface area (Å²) < 4.78 is 1.87. The summed E-state index contributed by atoms with van der Waals surface area (Å²) in [5, 5.41) is 0. The number of aryl methyl sites for hydroxylation is 1. The average molecular weight is 344 g/mol. The summed E-state index contributed by atoms with van der Waals surface area (Å²) in [6.07, 6.45) is 4.18. The van der Waals surface area contributed by atoms with Crippen LogP contribution in [0.1, 0.15) is 18.4 Å². The van der Waals surface area contributed by atoms with E-state index in [0.717, 1.165) is 40.1 Å². The van der Waals surface area contributed by atoms with Gasteiger partial charge in [-0.1, -0.05) is 29.8 Å². The van der Waals surface area contributed by atoms with Crippen LogP contribution in [0.25, 0.3) is 33.5 Å². The van der Waals surface area contributed by atoms with Gasteiger partial charge in [0.25, 0.3) is 0 Å². The van der Waals surface area contributed by atoms with E-state index in [1.807, 2.05) is 22.8 Å². The Morgan fingerprint density at radius 2 is 2.04 bits per heavy atom. The molecule has 5 heteroatoms. The minimum absolute atomic E-state index is 0.0208. The lowest BCUT2D eigenvalue weighted by atomic mass is 10.0. The highest BCUT2D eigenvalue weighted by Gasteiger charge is 2.23. The van der Waals surface area contributed by atoms with Crippen molar-refractivity contribution in [3.8, 4) is 22.5 Å². The van der Waals surface area contributed by atoms with Crippen LogP contribution in [-0.2, 0) is 6.54 Å². The van der Waals surface area contributed by atoms with E-state index in [9.17, 15) is 4.79 Å². The molecule has 1 aliphatic carbocycles. The van der Waals surface area contributed by atoms with E-state index in [-0.39, 0.29) is 5.69 Å². The number of rotatable bonds is 4. The quantitative estimate of drug-likeness (QED) is 0.585. The molecular formula is C21H20N4O. The second-order valence-electron chi connectivity index (χ2n) is 7.21. The topological polar surface area (TPSA) is 66.5 Å². The zero-order valence-electron chi connectivity index (χ0n) is 14.6. The number of aromatic amines is 2. The van der Waals surface area contributed by atoms with Gasteiger partial charge in [-0.15, -0.1) is 0 Å². The zero-order chi connectivity index (χ0) is 17.7. The summed E-state index contributed by atoms with van der Waals surface area (Å²) in [7, 11) is 0. The normalized spacial score (nSPS) is 14.2. The van der Waals surface area contributed by atoms with Crippen LogP contribution in [0.3, 0.4) is 0 Å². The molecule has 130 valence electrons. The highest BCUT2D eigenvalue weighted by atomic mass is 16.1. The minimum Gasteiger partial charge on any atom is -0.344 e. The molecule has 0 amide bonds. The maximum atomic E-state index is 12.3. The molecule has 0 saturated heterocycles. The first-order valence-corrected chi connectivity index (χ1v) is 9.02. The van der Waals surface area contributed by atoms with Crippen molar-refractivity contribution in [2.24, 2.45) is 5.92 Å². The first kappa shape index (κ1) is 15.2. The molecule has 1 aliphatic rings. The predicted octanol–water partition coefficient (Wildman–Crippen LogP) is 4.11. The van der Waals surface area contributed by atoms with Gasteiger partial charge in [-0.2, -0.15) is 0 Å². The molecule has 1 fully saturated rings. The van der Waals surface area contributed by atoms with Crippen molar-refractivity contribution in [1.29, 1.82) is 0 Å². The van der Waals surface area contributed by atoms with Gasteiger partial charge in [0.1, 0.15) is 0 Å². The van der Waals surface area contributed by atoms with Crippen molar-refractivity contribution >= 4 is 11.0 Å². The van der Waals surface area contributed by atoms with Crippen LogP contribution in [0.5, 0.6) is 0 Å². The Labute approximate surface area is 150 Å². The van der Waals surface area contributed by atoms with Crippen LogP contribution in [0.15, 0.2) is 53.6 Å². The van der Waals surface area contributed by atoms with Crippen LogP contribution >= 0.6 is 0 Å². The largest absolute Gasteiger partial charge is 0.344 e. The fourth-order valence-electron chi connectivity index (χ4n) is 3.58. The molecule has 2 heterocycles. The monoisotopic (exact) mass is 344 g/mol. The maximum absolute atomic E-state index is 12.3. The van der Waals surface area contributed by atoms with Crippen molar-refractivity contribution < 1.29 is 0 Å². The van der Waals surface area contributed by atoms with E-state index < -0.39 is 0 Å². The lowest BCUT2D eigenvalue weighted by molar-refractivity contribution is 0.624. The Hall–Kier alpha value is -3.08. The van der Waals surface area contributed by atoms with Gasteiger partial charge in [-0.25, -0.2) is 9.78 Å². The highest BCUT2D eigenvalue weighted by Crippen LogP contribution is 2.33. The van der Waals surface area contributed by atoms with Gasteiger partial charge in [-0.3, -0.25) is 4.57 Å². The van der Waals surface area contributed by atoms with Gasteiger partial charge >= 0.3 is 5.69 Å². The van der Waals surface area contributed by atoms with E-state index in [2.05, 4.69) is 46.1 Å². The SMILES string of the molecule is Cc1cccc(-c2nc[nH]c2-c2ccc3c(c2)[nH]c(=O)n3CC2CC2)c1. The Morgan fingerprint density at radius 3 is 2.85 bits per heavy atom. The molecule has 2 aromatic heterocycles. The fourth-order valence-corrected chi connectivity index (χ4v) is 3.58. The number of aromatic nitrogens is 4. The number of H-pyrrole nitrogens is 2. The van der Waals surface area contributed by atoms with E-state index in [0.29, 0.717) is 5.92 Å². The number of fused-ring (bicyclic) bond motifs is 1. The fraction of sp³-hybridized carbons (Fsp3) is 0.238. The van der Waals surface area contributed by atoms with Gasteiger partial charge in [-0.05, 0) is 43.9 Å². The first-order chi connectivity index (χ1) is 12.7. The molecule has 26 heavy (non-hydrogen) atoms. The van der Waals surface area contributed by atoms with Gasteiger partial charge in [0, 0.05) is 17.7 Å². The van der Waals surface area contributed by atoms with Crippen molar-refractivity contribution in [3.63, 3.8) is 0 Å². The maximum Gasteiger partial charge on any atom is 0.326 e. The Balaban J connectivity index is 1.60. The molecule has 0 radical (unpaired) electrons. The van der Waals surface area contributed by atoms with E-state index in [1.165, 1.54) is 18.4 Å². The Bertz CT molecular complexity index is 1160. The predicted molar refractivity (Wildman–Crippen MR) is 103 cm³/mol. The van der Waals surface area contributed by atoms with E-state index in [1.54, 1.807) is 6.33 Å². The standard InChI is InChI=1S/C21H20N4O/c1-13-3-2-4-15(9-13)19-20(23-12-22-19)16-7-8-18-17(10-16)24-21(26)25(18)11-14-5-6-14/h2-4,7-10,12,14H,5-6,11H2,1H3,(H,22,23)(H,24,26). The van der Waals surface area contributed by atoms with Crippen molar-refractivity contribution in [1.82, 2.24) is 19.5 Å². The highest BCUT2D eigenvalue weighted by molar-refractivity contribution is 5.85. The smallest absolute Gasteiger partial charge is 0.326 e. The molecule has 5 rings (SSSR count). The molecule has 0 atom stereocenters. The summed E-state index contributed by atoms with van der Waals surface area (Å²) in [5.41, 5.74) is 7.02. The van der Waals surface area contributed by atoms with Crippen molar-refractivity contribution in [3.05, 3.63) is 64.8 Å². The molecule has 1 saturated carbocycles. The first-order valence-electron chi connectivity index (χ1n) is 9.02. The number of imidazole rings is 2. The Kier molecular flexibility index (Phi) is 3.35. The molecule has 5 nitrogen and oxygen atoms in total. The number of benzene rings is 2. The van der Waals surface area contributed by atoms with Crippen molar-refractivity contribution in [2.75, 3.05) is 0 Å². The number of hydrogen-bond acceptors (Lipinski definition) is 2. The molecular weight excluding hydrogens is 324 g/mol. The second-order valence-corrected chi connectivity index (χ2v) is 7.21. The summed E-state index contributed by atoms with van der Waals surface area (Å²) >= 11 is 0. The van der Waals surface area contributed by atoms with Crippen LogP contribution in [0, 0.1) is 12.8 Å². The van der Waals surface area contributed by atoms with Crippen LogP contribution in [0.4, 0.5) is 0 Å². The van der Waals surface area contributed by atoms with Crippen LogP contribution in [0.2, 0.25) is 0 Å². The van der Waals surface area contributed by atoms with Gasteiger partial charge in [0.15, 0.2) is 0 Å². The van der Waals surface area contributed by atoms with Gasteiger partial charge in [0.2, 0.25) is 0 Å². The molecule has 4 aromatic rings. The van der Waals surface area contributed by atoms with E-state index in [4.69, 9.17) is 0 Å². The van der Waals surface area contributed by atoms with Crippen LogP contribution in [-0.4, -0.2) is 19.5 Å². The molecule has 2 N–H and O–H groups in total. The number of nitrogens with zero attached hydrogens (tertiary/aromatic N) is 2. The van der Waals surface area contributed by atoms with Gasteiger partial charge < -0.3 is 9.97 Å². The molecule has 2 aromatic carbocycles. The molecule has 0 spiro atoms. The third-order valence-electron chi connectivity index (χ3n) is 5.13. The summed E-state index contributed by atoms with van der Waals surface area (Å²) in [4.78, 5) is 23.1. The van der Waals surface area contributed by atoms with E-state index >= 15 is 0 Å². The average Bonchev–Trinajstić information content (AvgIpc) is 3.22. The number of hydrogen-bond donors (Lipinski definition) is 2. The summed E-state index contributed by atoms with van der Waals surface area (Å²) in [6, 6.07) is 14.5. The molecule has 0 bridgehead atoms. The third-order valence-corrected chi connectivity index (χ3v) is 5.13. The zero-order valence-corrected chi connectivity index (χ0v) is 14.6. The number of nitrogens with one attached hydrogen (secondary N) is 2. The second kappa shape index (κ2) is 5.73. The summed E-state index contributed by atoms with van der Waals surface area (Å²) in [5.74, 6) is 0.659. The lowest BCUT2D eigenvalue weighted by Crippen LogP contribution is -2.17.